The van der Waals surface area contributed by atoms with Crippen LogP contribution in [-0.2, 0) is 4.57 Å². The van der Waals surface area contributed by atoms with E-state index in [1.54, 1.807) is 0 Å². The summed E-state index contributed by atoms with van der Waals surface area (Å²) in [5, 5.41) is 3.35. The molecule has 0 atom stereocenters. The van der Waals surface area contributed by atoms with Gasteiger partial charge in [0.25, 0.3) is 0 Å². The molecule has 41 heavy (non-hydrogen) atoms. The molecule has 0 fully saturated rings. The number of benzene rings is 6. The lowest BCUT2D eigenvalue weighted by molar-refractivity contribution is 0.588. The summed E-state index contributed by atoms with van der Waals surface area (Å²) in [6, 6.07) is 51.5. The van der Waals surface area contributed by atoms with Crippen LogP contribution in [0.2, 0.25) is 0 Å². The molecule has 7 aromatic rings. The topological polar surface area (TPSA) is 22.0 Å². The molecule has 7 rings (SSSR count). The van der Waals surface area contributed by atoms with Gasteiger partial charge in [-0.25, -0.2) is 0 Å². The predicted octanol–water partition coefficient (Wildman–Crippen LogP) is 10.0. The highest BCUT2D eigenvalue weighted by atomic mass is 31.2. The molecule has 0 aliphatic rings. The second-order valence-corrected chi connectivity index (χ2v) is 14.2. The third-order valence-corrected chi connectivity index (χ3v) is 9.41. The fourth-order valence-corrected chi connectivity index (χ4v) is 6.66. The highest BCUT2D eigenvalue weighted by Crippen LogP contribution is 2.39. The molecule has 0 spiro atoms. The van der Waals surface area contributed by atoms with E-state index in [2.05, 4.69) is 138 Å². The van der Waals surface area contributed by atoms with Gasteiger partial charge in [-0.1, -0.05) is 115 Å². The highest BCUT2D eigenvalue weighted by molar-refractivity contribution is 7.70. The van der Waals surface area contributed by atoms with Gasteiger partial charge in [-0.2, -0.15) is 0 Å². The number of hydrogen-bond acceptors (Lipinski definition) is 1. The van der Waals surface area contributed by atoms with Crippen molar-refractivity contribution in [3.05, 3.63) is 146 Å². The van der Waals surface area contributed by atoms with Gasteiger partial charge in [0.05, 0.1) is 11.0 Å². The van der Waals surface area contributed by atoms with Crippen LogP contribution in [-0.4, -0.2) is 17.9 Å². The largest absolute Gasteiger partial charge is 0.319 e. The number of rotatable bonds is 5. The summed E-state index contributed by atoms with van der Waals surface area (Å²) in [4.78, 5) is 0. The lowest BCUT2D eigenvalue weighted by Crippen LogP contribution is -2.02. The van der Waals surface area contributed by atoms with Crippen LogP contribution in [0.5, 0.6) is 0 Å². The van der Waals surface area contributed by atoms with E-state index >= 15 is 0 Å². The van der Waals surface area contributed by atoms with Crippen LogP contribution in [0.1, 0.15) is 0 Å². The van der Waals surface area contributed by atoms with Gasteiger partial charge in [0.2, 0.25) is 0 Å². The van der Waals surface area contributed by atoms with Gasteiger partial charge in [0, 0.05) is 21.8 Å². The standard InChI is InChI=1S/C38H30NOP/c1-41(2,40)34-18-10-16-30(24-34)29-15-9-17-33(23-29)39-37-25-31(27-11-5-3-6-12-27)19-21-35(37)36-22-20-32(26-38(36)39)28-13-7-4-8-14-28/h3-26H,1-2H3. The Morgan fingerprint density at radius 2 is 0.902 bits per heavy atom. The number of aromatic nitrogens is 1. The van der Waals surface area contributed by atoms with Gasteiger partial charge in [-0.3, -0.25) is 0 Å². The molecule has 0 N–H and O–H groups in total. The number of nitrogens with zero attached hydrogens (tertiary/aromatic N) is 1. The minimum atomic E-state index is -2.37. The first-order valence-electron chi connectivity index (χ1n) is 13.9. The normalized spacial score (nSPS) is 11.8. The third-order valence-electron chi connectivity index (χ3n) is 7.89. The summed E-state index contributed by atoms with van der Waals surface area (Å²) in [5.41, 5.74) is 10.4. The van der Waals surface area contributed by atoms with Gasteiger partial charge < -0.3 is 9.13 Å². The van der Waals surface area contributed by atoms with Crippen molar-refractivity contribution in [3.63, 3.8) is 0 Å². The van der Waals surface area contributed by atoms with Gasteiger partial charge in [0.1, 0.15) is 7.14 Å². The van der Waals surface area contributed by atoms with Crippen LogP contribution >= 0.6 is 7.14 Å². The van der Waals surface area contributed by atoms with Crippen molar-refractivity contribution >= 4 is 34.3 Å². The quantitative estimate of drug-likeness (QED) is 0.197. The number of hydrogen-bond donors (Lipinski definition) is 0. The SMILES string of the molecule is CP(C)(=O)c1cccc(-c2cccc(-n3c4cc(-c5ccccc5)ccc4c4ccc(-c5ccccc5)cc43)c2)c1. The summed E-state index contributed by atoms with van der Waals surface area (Å²) >= 11 is 0. The van der Waals surface area contributed by atoms with Crippen LogP contribution in [0.25, 0.3) is 60.9 Å². The first-order valence-corrected chi connectivity index (χ1v) is 16.5. The van der Waals surface area contributed by atoms with E-state index in [4.69, 9.17) is 0 Å². The molecule has 0 aliphatic heterocycles. The lowest BCUT2D eigenvalue weighted by Gasteiger charge is -2.13. The molecular weight excluding hydrogens is 517 g/mol. The van der Waals surface area contributed by atoms with Crippen LogP contribution in [0.3, 0.4) is 0 Å². The summed E-state index contributed by atoms with van der Waals surface area (Å²) in [5.74, 6) is 0. The van der Waals surface area contributed by atoms with Crippen molar-refractivity contribution in [1.82, 2.24) is 4.57 Å². The summed E-state index contributed by atoms with van der Waals surface area (Å²) < 4.78 is 15.2. The van der Waals surface area contributed by atoms with Crippen molar-refractivity contribution in [3.8, 4) is 39.1 Å². The minimum absolute atomic E-state index is 0.900. The molecule has 2 nitrogen and oxygen atoms in total. The van der Waals surface area contributed by atoms with Crippen LogP contribution in [0.15, 0.2) is 146 Å². The monoisotopic (exact) mass is 547 g/mol. The van der Waals surface area contributed by atoms with Crippen LogP contribution in [0.4, 0.5) is 0 Å². The Bertz CT molecular complexity index is 1990. The fraction of sp³-hybridized carbons (Fsp3) is 0.0526. The van der Waals surface area contributed by atoms with E-state index in [1.165, 1.54) is 44.1 Å². The van der Waals surface area contributed by atoms with E-state index in [-0.39, 0.29) is 0 Å². The molecule has 6 aromatic carbocycles. The van der Waals surface area contributed by atoms with Crippen molar-refractivity contribution < 1.29 is 4.57 Å². The first-order chi connectivity index (χ1) is 20.0. The zero-order chi connectivity index (χ0) is 28.0. The first kappa shape index (κ1) is 25.3. The second-order valence-electron chi connectivity index (χ2n) is 11.0. The highest BCUT2D eigenvalue weighted by Gasteiger charge is 2.16. The maximum Gasteiger partial charge on any atom is 0.109 e. The van der Waals surface area contributed by atoms with Gasteiger partial charge in [-0.05, 0) is 77.0 Å². The van der Waals surface area contributed by atoms with Crippen molar-refractivity contribution in [2.75, 3.05) is 13.3 Å². The molecule has 0 saturated carbocycles. The van der Waals surface area contributed by atoms with Gasteiger partial charge in [0.15, 0.2) is 0 Å². The Balaban J connectivity index is 1.48. The smallest absolute Gasteiger partial charge is 0.109 e. The van der Waals surface area contributed by atoms with Crippen molar-refractivity contribution in [2.24, 2.45) is 0 Å². The lowest BCUT2D eigenvalue weighted by atomic mass is 10.0. The van der Waals surface area contributed by atoms with Crippen LogP contribution < -0.4 is 5.30 Å². The van der Waals surface area contributed by atoms with Crippen molar-refractivity contribution in [2.45, 2.75) is 0 Å². The average Bonchev–Trinajstić information content (AvgIpc) is 3.34. The maximum atomic E-state index is 12.8. The van der Waals surface area contributed by atoms with Gasteiger partial charge >= 0.3 is 0 Å². The Morgan fingerprint density at radius 3 is 1.44 bits per heavy atom. The summed E-state index contributed by atoms with van der Waals surface area (Å²) in [7, 11) is -2.37. The van der Waals surface area contributed by atoms with Crippen molar-refractivity contribution in [1.29, 1.82) is 0 Å². The molecule has 0 unspecified atom stereocenters. The maximum absolute atomic E-state index is 12.8. The molecule has 3 heteroatoms. The third kappa shape index (κ3) is 4.71. The predicted molar refractivity (Wildman–Crippen MR) is 176 cm³/mol. The molecule has 198 valence electrons. The molecule has 0 saturated heterocycles. The van der Waals surface area contributed by atoms with E-state index < -0.39 is 7.14 Å². The van der Waals surface area contributed by atoms with E-state index in [0.29, 0.717) is 0 Å². The Morgan fingerprint density at radius 1 is 0.439 bits per heavy atom. The molecular formula is C38H30NOP. The second kappa shape index (κ2) is 10.1. The molecule has 0 amide bonds. The zero-order valence-corrected chi connectivity index (χ0v) is 24.1. The fourth-order valence-electron chi connectivity index (χ4n) is 5.76. The summed E-state index contributed by atoms with van der Waals surface area (Å²) in [6.45, 7) is 3.66. The molecule has 0 aliphatic carbocycles. The van der Waals surface area contributed by atoms with Crippen LogP contribution in [0, 0.1) is 0 Å². The molecule has 0 bridgehead atoms. The average molecular weight is 548 g/mol. The molecule has 1 aromatic heterocycles. The minimum Gasteiger partial charge on any atom is -0.319 e. The zero-order valence-electron chi connectivity index (χ0n) is 23.2. The number of fused-ring (bicyclic) bond motifs is 3. The van der Waals surface area contributed by atoms with E-state index in [1.807, 2.05) is 25.5 Å². The summed E-state index contributed by atoms with van der Waals surface area (Å²) in [6.07, 6.45) is 0. The van der Waals surface area contributed by atoms with Gasteiger partial charge in [-0.15, -0.1) is 0 Å². The molecule has 0 radical (unpaired) electrons. The molecule has 1 heterocycles. The van der Waals surface area contributed by atoms with E-state index in [9.17, 15) is 4.57 Å². The van der Waals surface area contributed by atoms with E-state index in [0.717, 1.165) is 22.1 Å². The Kier molecular flexibility index (Phi) is 6.22. The Hall–Kier alpha value is -4.65. The Labute approximate surface area is 240 Å².